The van der Waals surface area contributed by atoms with Crippen LogP contribution in [-0.2, 0) is 29.2 Å². The molecule has 0 bridgehead atoms. The minimum absolute atomic E-state index is 0.172. The van der Waals surface area contributed by atoms with Gasteiger partial charge in [-0.25, -0.2) is 14.6 Å². The van der Waals surface area contributed by atoms with Gasteiger partial charge in [0, 0.05) is 19.6 Å². The molecule has 1 aliphatic heterocycles. The van der Waals surface area contributed by atoms with Gasteiger partial charge in [0.1, 0.15) is 18.5 Å². The molecular weight excluding hydrogens is 442 g/mol. The first-order valence-electron chi connectivity index (χ1n) is 11.7. The number of carbonyl (C=O) groups excluding carboxylic acids is 2. The fourth-order valence-electron chi connectivity index (χ4n) is 4.34. The number of likely N-dealkylation sites (tertiary alicyclic amines) is 1. The van der Waals surface area contributed by atoms with Crippen LogP contribution in [0.2, 0.25) is 0 Å². The van der Waals surface area contributed by atoms with Gasteiger partial charge in [-0.1, -0.05) is 20.3 Å². The van der Waals surface area contributed by atoms with Gasteiger partial charge >= 0.3 is 11.7 Å². The van der Waals surface area contributed by atoms with Gasteiger partial charge in [-0.15, -0.1) is 0 Å². The lowest BCUT2D eigenvalue weighted by atomic mass is 10.2. The summed E-state index contributed by atoms with van der Waals surface area (Å²) in [5.41, 5.74) is -0.442. The van der Waals surface area contributed by atoms with Crippen molar-refractivity contribution in [3.8, 4) is 0 Å². The Morgan fingerprint density at radius 2 is 2.03 bits per heavy atom. The van der Waals surface area contributed by atoms with Gasteiger partial charge in [0.2, 0.25) is 0 Å². The molecular formula is C23H29N5O6. The van der Waals surface area contributed by atoms with E-state index in [2.05, 4.69) is 9.97 Å². The summed E-state index contributed by atoms with van der Waals surface area (Å²) in [5.74, 6) is -0.332. The summed E-state index contributed by atoms with van der Waals surface area (Å²) >= 11 is 0. The lowest BCUT2D eigenvalue weighted by molar-refractivity contribution is -0.149. The highest BCUT2D eigenvalue weighted by molar-refractivity contribution is 5.95. The zero-order valence-electron chi connectivity index (χ0n) is 19.4. The predicted octanol–water partition coefficient (Wildman–Crippen LogP) is 2.04. The van der Waals surface area contributed by atoms with Gasteiger partial charge in [-0.2, -0.15) is 0 Å². The van der Waals surface area contributed by atoms with E-state index < -0.39 is 23.3 Å². The third-order valence-corrected chi connectivity index (χ3v) is 6.01. The van der Waals surface area contributed by atoms with Crippen molar-refractivity contribution < 1.29 is 18.7 Å². The zero-order chi connectivity index (χ0) is 24.2. The Balaban J connectivity index is 1.59. The highest BCUT2D eigenvalue weighted by Gasteiger charge is 2.37. The summed E-state index contributed by atoms with van der Waals surface area (Å²) in [6.07, 6.45) is 4.94. The van der Waals surface area contributed by atoms with E-state index in [-0.39, 0.29) is 23.9 Å². The highest BCUT2D eigenvalue weighted by atomic mass is 16.5. The summed E-state index contributed by atoms with van der Waals surface area (Å²) in [5, 5.41) is 0. The first kappa shape index (κ1) is 23.5. The summed E-state index contributed by atoms with van der Waals surface area (Å²) in [7, 11) is 0. The Bertz CT molecular complexity index is 1290. The van der Waals surface area contributed by atoms with E-state index in [1.54, 1.807) is 16.7 Å². The number of aryl methyl sites for hydroxylation is 2. The van der Waals surface area contributed by atoms with Crippen molar-refractivity contribution >= 4 is 23.0 Å². The van der Waals surface area contributed by atoms with Crippen LogP contribution in [-0.4, -0.2) is 48.5 Å². The molecule has 0 unspecified atom stereocenters. The van der Waals surface area contributed by atoms with Crippen molar-refractivity contribution in [2.24, 2.45) is 0 Å². The molecule has 0 saturated carbocycles. The number of H-pyrrole nitrogens is 1. The molecule has 0 spiro atoms. The molecule has 1 atom stereocenters. The first-order chi connectivity index (χ1) is 16.5. The number of aromatic amines is 1. The van der Waals surface area contributed by atoms with Gasteiger partial charge in [0.05, 0.1) is 6.26 Å². The monoisotopic (exact) mass is 471 g/mol. The van der Waals surface area contributed by atoms with Gasteiger partial charge in [-0.05, 0) is 37.8 Å². The molecule has 0 radical (unpaired) electrons. The number of aromatic nitrogens is 4. The molecule has 1 fully saturated rings. The summed E-state index contributed by atoms with van der Waals surface area (Å²) < 4.78 is 13.9. The molecule has 34 heavy (non-hydrogen) atoms. The molecule has 1 saturated heterocycles. The summed E-state index contributed by atoms with van der Waals surface area (Å²) in [4.78, 5) is 59.0. The van der Waals surface area contributed by atoms with Crippen molar-refractivity contribution in [3.05, 3.63) is 50.8 Å². The molecule has 1 amide bonds. The number of hydrogen-bond acceptors (Lipinski definition) is 7. The summed E-state index contributed by atoms with van der Waals surface area (Å²) in [6, 6.07) is 2.47. The number of nitrogens with zero attached hydrogens (tertiary/aromatic N) is 4. The van der Waals surface area contributed by atoms with Gasteiger partial charge < -0.3 is 18.6 Å². The number of nitrogens with one attached hydrogen (secondary N) is 1. The number of esters is 1. The van der Waals surface area contributed by atoms with Crippen LogP contribution in [0.5, 0.6) is 0 Å². The van der Waals surface area contributed by atoms with Gasteiger partial charge in [0.15, 0.2) is 16.9 Å². The van der Waals surface area contributed by atoms with E-state index in [4.69, 9.17) is 9.15 Å². The lowest BCUT2D eigenvalue weighted by Crippen LogP contribution is -2.41. The quantitative estimate of drug-likeness (QED) is 0.472. The third-order valence-electron chi connectivity index (χ3n) is 6.01. The van der Waals surface area contributed by atoms with Gasteiger partial charge in [-0.3, -0.25) is 19.1 Å². The SMILES string of the molecule is CCCCn1c(=O)[nH]c(=O)c2c1nc(COC(=O)[C@@H]1CCCN1C(=O)c1ccco1)n2CCC. The van der Waals surface area contributed by atoms with Crippen LogP contribution in [0, 0.1) is 0 Å². The molecule has 3 aromatic rings. The molecule has 4 rings (SSSR count). The average Bonchev–Trinajstić information content (AvgIpc) is 3.57. The normalized spacial score (nSPS) is 15.8. The number of rotatable bonds is 9. The number of carbonyl (C=O) groups is 2. The Morgan fingerprint density at radius 3 is 2.74 bits per heavy atom. The second-order valence-corrected chi connectivity index (χ2v) is 8.36. The van der Waals surface area contributed by atoms with Crippen LogP contribution >= 0.6 is 0 Å². The molecule has 3 aromatic heterocycles. The Hall–Kier alpha value is -3.63. The molecule has 182 valence electrons. The number of imidazole rings is 1. The maximum absolute atomic E-state index is 12.9. The first-order valence-corrected chi connectivity index (χ1v) is 11.7. The van der Waals surface area contributed by atoms with Crippen LogP contribution in [0.4, 0.5) is 0 Å². The largest absolute Gasteiger partial charge is 0.459 e. The van der Waals surface area contributed by atoms with Crippen LogP contribution in [0.1, 0.15) is 62.3 Å². The standard InChI is InChI=1S/C23H29N5O6/c1-3-5-11-28-19-18(20(29)25-23(28)32)27(10-4-2)17(24-19)14-34-22(31)15-8-6-12-26(15)21(30)16-9-7-13-33-16/h7,9,13,15H,3-6,8,10-12,14H2,1-2H3,(H,25,29,32)/t15-/m0/s1. The maximum atomic E-state index is 12.9. The molecule has 0 aromatic carbocycles. The van der Waals surface area contributed by atoms with Gasteiger partial charge in [0.25, 0.3) is 11.5 Å². The predicted molar refractivity (Wildman–Crippen MR) is 122 cm³/mol. The Labute approximate surface area is 195 Å². The van der Waals surface area contributed by atoms with E-state index >= 15 is 0 Å². The maximum Gasteiger partial charge on any atom is 0.330 e. The molecule has 4 heterocycles. The molecule has 11 heteroatoms. The van der Waals surface area contributed by atoms with Crippen molar-refractivity contribution in [2.45, 2.75) is 71.7 Å². The Kier molecular flexibility index (Phi) is 6.99. The topological polar surface area (TPSA) is 132 Å². The number of fused-ring (bicyclic) bond motifs is 1. The second-order valence-electron chi connectivity index (χ2n) is 8.36. The van der Waals surface area contributed by atoms with Crippen molar-refractivity contribution in [2.75, 3.05) is 6.54 Å². The highest BCUT2D eigenvalue weighted by Crippen LogP contribution is 2.22. The minimum atomic E-state index is -0.715. The lowest BCUT2D eigenvalue weighted by Gasteiger charge is -2.22. The van der Waals surface area contributed by atoms with E-state index in [9.17, 15) is 19.2 Å². The fraction of sp³-hybridized carbons (Fsp3) is 0.522. The van der Waals surface area contributed by atoms with E-state index in [1.165, 1.54) is 15.7 Å². The third kappa shape index (κ3) is 4.42. The van der Waals surface area contributed by atoms with E-state index in [0.717, 1.165) is 12.8 Å². The number of ether oxygens (including phenoxy) is 1. The van der Waals surface area contributed by atoms with Crippen molar-refractivity contribution in [3.63, 3.8) is 0 Å². The second kappa shape index (κ2) is 10.1. The zero-order valence-corrected chi connectivity index (χ0v) is 19.4. The van der Waals surface area contributed by atoms with E-state index in [0.29, 0.717) is 50.2 Å². The summed E-state index contributed by atoms with van der Waals surface area (Å²) in [6.45, 7) is 5.14. The van der Waals surface area contributed by atoms with Crippen molar-refractivity contribution in [1.29, 1.82) is 0 Å². The number of furan rings is 1. The average molecular weight is 472 g/mol. The van der Waals surface area contributed by atoms with Crippen LogP contribution in [0.15, 0.2) is 32.4 Å². The molecule has 1 aliphatic rings. The minimum Gasteiger partial charge on any atom is -0.459 e. The fourth-order valence-corrected chi connectivity index (χ4v) is 4.34. The number of unbranched alkanes of at least 4 members (excludes halogenated alkanes) is 1. The molecule has 0 aliphatic carbocycles. The Morgan fingerprint density at radius 1 is 1.21 bits per heavy atom. The van der Waals surface area contributed by atoms with E-state index in [1.807, 2.05) is 13.8 Å². The van der Waals surface area contributed by atoms with Crippen LogP contribution in [0.3, 0.4) is 0 Å². The smallest absolute Gasteiger partial charge is 0.330 e. The van der Waals surface area contributed by atoms with Crippen LogP contribution in [0.25, 0.3) is 11.2 Å². The molecule has 1 N–H and O–H groups in total. The van der Waals surface area contributed by atoms with Crippen LogP contribution < -0.4 is 11.2 Å². The number of hydrogen-bond donors (Lipinski definition) is 1. The number of amides is 1. The van der Waals surface area contributed by atoms with Crippen molar-refractivity contribution in [1.82, 2.24) is 24.0 Å². The molecule has 11 nitrogen and oxygen atoms in total.